The van der Waals surface area contributed by atoms with E-state index in [1.54, 1.807) is 0 Å². The van der Waals surface area contributed by atoms with Crippen molar-refractivity contribution in [1.82, 2.24) is 10.0 Å². The highest BCUT2D eigenvalue weighted by molar-refractivity contribution is 7.90. The first kappa shape index (κ1) is 10.4. The average molecular weight is 218 g/mol. The average Bonchev–Trinajstić information content (AvgIpc) is 2.87. The number of hydrogen-bond acceptors (Lipinski definition) is 3. The van der Waals surface area contributed by atoms with Gasteiger partial charge in [-0.05, 0) is 38.6 Å². The van der Waals surface area contributed by atoms with Crippen LogP contribution in [-0.2, 0) is 10.0 Å². The molecule has 1 saturated heterocycles. The molecule has 0 spiro atoms. The Kier molecular flexibility index (Phi) is 3.09. The molecule has 2 N–H and O–H groups in total. The van der Waals surface area contributed by atoms with Gasteiger partial charge in [0.15, 0.2) is 0 Å². The fourth-order valence-electron chi connectivity index (χ4n) is 1.87. The van der Waals surface area contributed by atoms with Crippen LogP contribution in [0.15, 0.2) is 0 Å². The molecule has 0 bridgehead atoms. The third kappa shape index (κ3) is 2.68. The Bertz CT molecular complexity index is 279. The molecule has 0 amide bonds. The van der Waals surface area contributed by atoms with Crippen molar-refractivity contribution < 1.29 is 8.42 Å². The minimum Gasteiger partial charge on any atom is -0.314 e. The highest BCUT2D eigenvalue weighted by atomic mass is 32.2. The summed E-state index contributed by atoms with van der Waals surface area (Å²) in [6.45, 7) is 1.68. The standard InChI is InChI=1S/C9H18N2O2S/c12-14(13,9-3-4-9)11-7-5-8-2-1-6-10-8/h8-11H,1-7H2/t8-/m0/s1. The molecule has 2 rings (SSSR count). The van der Waals surface area contributed by atoms with Gasteiger partial charge in [-0.3, -0.25) is 0 Å². The molecular formula is C9H18N2O2S. The topological polar surface area (TPSA) is 58.2 Å². The SMILES string of the molecule is O=S(=O)(NCC[C@@H]1CCCN1)C1CC1. The van der Waals surface area contributed by atoms with Crippen molar-refractivity contribution >= 4 is 10.0 Å². The second kappa shape index (κ2) is 4.16. The van der Waals surface area contributed by atoms with Gasteiger partial charge in [0.2, 0.25) is 10.0 Å². The molecule has 2 aliphatic rings. The summed E-state index contributed by atoms with van der Waals surface area (Å²) < 4.78 is 25.6. The Labute approximate surface area is 85.5 Å². The van der Waals surface area contributed by atoms with Crippen LogP contribution in [0.5, 0.6) is 0 Å². The second-order valence-electron chi connectivity index (χ2n) is 4.22. The van der Waals surface area contributed by atoms with Gasteiger partial charge in [-0.15, -0.1) is 0 Å². The van der Waals surface area contributed by atoms with Crippen LogP contribution in [0.25, 0.3) is 0 Å². The predicted molar refractivity (Wildman–Crippen MR) is 55.6 cm³/mol. The first-order chi connectivity index (χ1) is 6.68. The maximum Gasteiger partial charge on any atom is 0.214 e. The smallest absolute Gasteiger partial charge is 0.214 e. The van der Waals surface area contributed by atoms with Gasteiger partial charge in [-0.1, -0.05) is 0 Å². The Balaban J connectivity index is 1.66. The molecule has 1 aliphatic heterocycles. The maximum atomic E-state index is 11.4. The highest BCUT2D eigenvalue weighted by Gasteiger charge is 2.35. The normalized spacial score (nSPS) is 28.1. The molecule has 4 nitrogen and oxygen atoms in total. The van der Waals surface area contributed by atoms with Gasteiger partial charge in [-0.25, -0.2) is 13.1 Å². The predicted octanol–water partition coefficient (Wildman–Crippen LogP) is 0.210. The van der Waals surface area contributed by atoms with Gasteiger partial charge < -0.3 is 5.32 Å². The Morgan fingerprint density at radius 1 is 1.29 bits per heavy atom. The van der Waals surface area contributed by atoms with Crippen molar-refractivity contribution in [3.05, 3.63) is 0 Å². The van der Waals surface area contributed by atoms with Crippen LogP contribution < -0.4 is 10.0 Å². The Morgan fingerprint density at radius 3 is 2.64 bits per heavy atom. The van der Waals surface area contributed by atoms with E-state index in [1.165, 1.54) is 12.8 Å². The van der Waals surface area contributed by atoms with Crippen LogP contribution in [0.1, 0.15) is 32.1 Å². The van der Waals surface area contributed by atoms with Crippen LogP contribution in [0, 0.1) is 0 Å². The number of nitrogens with one attached hydrogen (secondary N) is 2. The van der Waals surface area contributed by atoms with Crippen molar-refractivity contribution in [1.29, 1.82) is 0 Å². The van der Waals surface area contributed by atoms with Crippen LogP contribution in [0.2, 0.25) is 0 Å². The van der Waals surface area contributed by atoms with Crippen molar-refractivity contribution in [3.63, 3.8) is 0 Å². The lowest BCUT2D eigenvalue weighted by Gasteiger charge is -2.10. The number of hydrogen-bond donors (Lipinski definition) is 2. The lowest BCUT2D eigenvalue weighted by Crippen LogP contribution is -2.32. The summed E-state index contributed by atoms with van der Waals surface area (Å²) in [5.41, 5.74) is 0. The lowest BCUT2D eigenvalue weighted by atomic mass is 10.2. The van der Waals surface area contributed by atoms with E-state index in [0.29, 0.717) is 12.6 Å². The quantitative estimate of drug-likeness (QED) is 0.693. The summed E-state index contributed by atoms with van der Waals surface area (Å²) in [7, 11) is -2.96. The number of rotatable bonds is 5. The molecule has 82 valence electrons. The summed E-state index contributed by atoms with van der Waals surface area (Å²) in [5, 5.41) is 3.27. The summed E-state index contributed by atoms with van der Waals surface area (Å²) in [6.07, 6.45) is 5.02. The first-order valence-corrected chi connectivity index (χ1v) is 6.95. The minimum absolute atomic E-state index is 0.0842. The van der Waals surface area contributed by atoms with Gasteiger partial charge in [0.25, 0.3) is 0 Å². The minimum atomic E-state index is -2.96. The summed E-state index contributed by atoms with van der Waals surface area (Å²) in [4.78, 5) is 0. The molecule has 0 aromatic heterocycles. The molecule has 1 saturated carbocycles. The maximum absolute atomic E-state index is 11.4. The van der Waals surface area contributed by atoms with E-state index in [0.717, 1.165) is 25.8 Å². The Hall–Kier alpha value is -0.130. The second-order valence-corrected chi connectivity index (χ2v) is 6.27. The van der Waals surface area contributed by atoms with Gasteiger partial charge >= 0.3 is 0 Å². The van der Waals surface area contributed by atoms with E-state index in [1.807, 2.05) is 0 Å². The summed E-state index contributed by atoms with van der Waals surface area (Å²) in [5.74, 6) is 0. The van der Waals surface area contributed by atoms with E-state index in [4.69, 9.17) is 0 Å². The molecule has 1 heterocycles. The third-order valence-corrected chi connectivity index (χ3v) is 4.88. The fourth-order valence-corrected chi connectivity index (χ4v) is 3.27. The Morgan fingerprint density at radius 2 is 2.07 bits per heavy atom. The molecule has 1 atom stereocenters. The molecule has 2 fully saturated rings. The molecular weight excluding hydrogens is 200 g/mol. The zero-order chi connectivity index (χ0) is 10.0. The zero-order valence-corrected chi connectivity index (χ0v) is 9.15. The molecule has 14 heavy (non-hydrogen) atoms. The largest absolute Gasteiger partial charge is 0.314 e. The van der Waals surface area contributed by atoms with Crippen molar-refractivity contribution in [2.45, 2.75) is 43.4 Å². The molecule has 0 radical (unpaired) electrons. The third-order valence-electron chi connectivity index (χ3n) is 2.92. The lowest BCUT2D eigenvalue weighted by molar-refractivity contribution is 0.539. The van der Waals surface area contributed by atoms with E-state index < -0.39 is 10.0 Å². The van der Waals surface area contributed by atoms with E-state index >= 15 is 0 Å². The van der Waals surface area contributed by atoms with Gasteiger partial charge in [-0.2, -0.15) is 0 Å². The van der Waals surface area contributed by atoms with E-state index in [2.05, 4.69) is 10.0 Å². The van der Waals surface area contributed by atoms with Gasteiger partial charge in [0.1, 0.15) is 0 Å². The molecule has 0 aromatic rings. The first-order valence-electron chi connectivity index (χ1n) is 5.40. The van der Waals surface area contributed by atoms with E-state index in [-0.39, 0.29) is 5.25 Å². The van der Waals surface area contributed by atoms with Gasteiger partial charge in [0.05, 0.1) is 5.25 Å². The highest BCUT2D eigenvalue weighted by Crippen LogP contribution is 2.27. The molecule has 5 heteroatoms. The fraction of sp³-hybridized carbons (Fsp3) is 1.00. The van der Waals surface area contributed by atoms with Crippen molar-refractivity contribution in [3.8, 4) is 0 Å². The molecule has 1 aliphatic carbocycles. The van der Waals surface area contributed by atoms with Crippen molar-refractivity contribution in [2.24, 2.45) is 0 Å². The zero-order valence-electron chi connectivity index (χ0n) is 8.33. The summed E-state index contributed by atoms with van der Waals surface area (Å²) in [6, 6.07) is 0.525. The monoisotopic (exact) mass is 218 g/mol. The number of sulfonamides is 1. The van der Waals surface area contributed by atoms with Crippen molar-refractivity contribution in [2.75, 3.05) is 13.1 Å². The summed E-state index contributed by atoms with van der Waals surface area (Å²) >= 11 is 0. The van der Waals surface area contributed by atoms with Crippen LogP contribution in [0.4, 0.5) is 0 Å². The molecule has 0 aromatic carbocycles. The van der Waals surface area contributed by atoms with Crippen LogP contribution in [0.3, 0.4) is 0 Å². The van der Waals surface area contributed by atoms with Crippen LogP contribution >= 0.6 is 0 Å². The van der Waals surface area contributed by atoms with E-state index in [9.17, 15) is 8.42 Å². The molecule has 0 unspecified atom stereocenters. The van der Waals surface area contributed by atoms with Gasteiger partial charge in [0, 0.05) is 12.6 Å². The van der Waals surface area contributed by atoms with Crippen LogP contribution in [-0.4, -0.2) is 32.8 Å².